The van der Waals surface area contributed by atoms with Crippen molar-refractivity contribution in [2.75, 3.05) is 23.9 Å². The smallest absolute Gasteiger partial charge is 0.337 e. The highest BCUT2D eigenvalue weighted by atomic mass is 16.5. The molecule has 0 heterocycles. The molecule has 6 heteroatoms. The van der Waals surface area contributed by atoms with Crippen LogP contribution < -0.4 is 10.2 Å². The van der Waals surface area contributed by atoms with E-state index in [2.05, 4.69) is 10.1 Å². The molecule has 6 nitrogen and oxygen atoms in total. The highest BCUT2D eigenvalue weighted by molar-refractivity contribution is 6.07. The largest absolute Gasteiger partial charge is 0.465 e. The van der Waals surface area contributed by atoms with Gasteiger partial charge in [0, 0.05) is 29.0 Å². The number of nitrogens with one attached hydrogen (secondary N) is 1. The van der Waals surface area contributed by atoms with Gasteiger partial charge in [0.05, 0.1) is 12.7 Å². The monoisotopic (exact) mass is 402 g/mol. The minimum absolute atomic E-state index is 0.118. The second-order valence-corrected chi connectivity index (χ2v) is 6.49. The molecule has 1 N–H and O–H groups in total. The number of ether oxygens (including phenoxy) is 1. The van der Waals surface area contributed by atoms with Crippen LogP contribution in [0.25, 0.3) is 0 Å². The minimum atomic E-state index is -0.508. The summed E-state index contributed by atoms with van der Waals surface area (Å²) in [5.41, 5.74) is 2.52. The molecule has 0 aliphatic heterocycles. The maximum absolute atomic E-state index is 12.9. The zero-order chi connectivity index (χ0) is 21.5. The molecule has 3 rings (SSSR count). The molecule has 0 unspecified atom stereocenters. The molecule has 2 amide bonds. The van der Waals surface area contributed by atoms with Crippen LogP contribution >= 0.6 is 0 Å². The molecular formula is C24H22N2O4. The Morgan fingerprint density at radius 2 is 1.50 bits per heavy atom. The van der Waals surface area contributed by atoms with Gasteiger partial charge in [-0.2, -0.15) is 0 Å². The van der Waals surface area contributed by atoms with Crippen molar-refractivity contribution in [3.63, 3.8) is 0 Å². The number of nitrogens with zero attached hydrogens (tertiary/aromatic N) is 1. The van der Waals surface area contributed by atoms with Gasteiger partial charge >= 0.3 is 5.97 Å². The zero-order valence-electron chi connectivity index (χ0n) is 16.8. The summed E-state index contributed by atoms with van der Waals surface area (Å²) in [6.07, 6.45) is 0. The van der Waals surface area contributed by atoms with E-state index in [0.29, 0.717) is 28.9 Å². The summed E-state index contributed by atoms with van der Waals surface area (Å²) in [5, 5.41) is 2.77. The number of esters is 1. The first-order valence-electron chi connectivity index (χ1n) is 9.50. The number of amides is 2. The summed E-state index contributed by atoms with van der Waals surface area (Å²) in [6, 6.07) is 22.4. The quantitative estimate of drug-likeness (QED) is 0.621. The van der Waals surface area contributed by atoms with Crippen molar-refractivity contribution in [3.8, 4) is 0 Å². The molecule has 3 aromatic rings. The Morgan fingerprint density at radius 3 is 2.13 bits per heavy atom. The Labute approximate surface area is 175 Å². The number of rotatable bonds is 6. The summed E-state index contributed by atoms with van der Waals surface area (Å²) >= 11 is 0. The Bertz CT molecular complexity index is 1050. The van der Waals surface area contributed by atoms with Crippen LogP contribution in [-0.2, 0) is 4.74 Å². The van der Waals surface area contributed by atoms with Gasteiger partial charge in [-0.05, 0) is 61.5 Å². The molecule has 0 fully saturated rings. The van der Waals surface area contributed by atoms with Gasteiger partial charge in [0.1, 0.15) is 0 Å². The van der Waals surface area contributed by atoms with Gasteiger partial charge in [-0.1, -0.05) is 24.3 Å². The third kappa shape index (κ3) is 4.72. The molecule has 0 aliphatic rings. The Balaban J connectivity index is 1.72. The average molecular weight is 402 g/mol. The normalized spacial score (nSPS) is 10.2. The van der Waals surface area contributed by atoms with Crippen molar-refractivity contribution >= 4 is 29.2 Å². The molecule has 0 saturated carbocycles. The van der Waals surface area contributed by atoms with Crippen LogP contribution in [0.2, 0.25) is 0 Å². The fourth-order valence-electron chi connectivity index (χ4n) is 3.01. The summed E-state index contributed by atoms with van der Waals surface area (Å²) in [4.78, 5) is 38.7. The Kier molecular flexibility index (Phi) is 6.60. The molecule has 0 aliphatic carbocycles. The topological polar surface area (TPSA) is 75.7 Å². The van der Waals surface area contributed by atoms with E-state index in [0.717, 1.165) is 5.69 Å². The molecule has 152 valence electrons. The van der Waals surface area contributed by atoms with Gasteiger partial charge < -0.3 is 15.0 Å². The Hall–Kier alpha value is -3.93. The molecule has 3 aromatic carbocycles. The van der Waals surface area contributed by atoms with Crippen LogP contribution in [0.5, 0.6) is 0 Å². The molecule has 0 radical (unpaired) electrons. The van der Waals surface area contributed by atoms with E-state index in [9.17, 15) is 14.4 Å². The molecule has 0 aromatic heterocycles. The van der Waals surface area contributed by atoms with Gasteiger partial charge in [0.15, 0.2) is 0 Å². The highest BCUT2D eigenvalue weighted by Crippen LogP contribution is 2.18. The first kappa shape index (κ1) is 20.8. The summed E-state index contributed by atoms with van der Waals surface area (Å²) in [7, 11) is 1.29. The second-order valence-electron chi connectivity index (χ2n) is 6.49. The van der Waals surface area contributed by atoms with Gasteiger partial charge in [0.25, 0.3) is 11.8 Å². The molecule has 0 spiro atoms. The number of para-hydroxylation sites is 1. The number of carbonyl (C=O) groups is 3. The van der Waals surface area contributed by atoms with E-state index >= 15 is 0 Å². The number of hydrogen-bond acceptors (Lipinski definition) is 4. The summed E-state index contributed by atoms with van der Waals surface area (Å²) in [5.74, 6) is -0.988. The van der Waals surface area contributed by atoms with E-state index in [1.807, 2.05) is 37.3 Å². The van der Waals surface area contributed by atoms with E-state index in [4.69, 9.17) is 0 Å². The van der Waals surface area contributed by atoms with Gasteiger partial charge in [-0.15, -0.1) is 0 Å². The summed E-state index contributed by atoms with van der Waals surface area (Å²) < 4.78 is 4.68. The first-order chi connectivity index (χ1) is 14.5. The number of anilines is 2. The minimum Gasteiger partial charge on any atom is -0.465 e. The molecule has 0 saturated heterocycles. The van der Waals surface area contributed by atoms with Crippen molar-refractivity contribution in [2.45, 2.75) is 6.92 Å². The van der Waals surface area contributed by atoms with Gasteiger partial charge in [-0.25, -0.2) is 4.79 Å². The van der Waals surface area contributed by atoms with Crippen LogP contribution in [0.4, 0.5) is 11.4 Å². The lowest BCUT2D eigenvalue weighted by Gasteiger charge is -2.21. The standard InChI is InChI=1S/C24H22N2O4/c1-3-26(21-10-5-4-6-11-21)23(28)17-12-14-20(15-13-17)25-22(27)18-8-7-9-19(16-18)24(29)30-2/h4-16H,3H2,1-2H3,(H,25,27). The van der Waals surface area contributed by atoms with Crippen LogP contribution in [0.1, 0.15) is 38.0 Å². The van der Waals surface area contributed by atoms with E-state index in [1.54, 1.807) is 47.4 Å². The summed E-state index contributed by atoms with van der Waals surface area (Å²) in [6.45, 7) is 2.46. The van der Waals surface area contributed by atoms with Crippen LogP contribution in [-0.4, -0.2) is 31.4 Å². The lowest BCUT2D eigenvalue weighted by molar-refractivity contribution is 0.0600. The third-order valence-corrected chi connectivity index (χ3v) is 4.56. The predicted octanol–water partition coefficient (Wildman–Crippen LogP) is 4.39. The number of hydrogen-bond donors (Lipinski definition) is 1. The number of carbonyl (C=O) groups excluding carboxylic acids is 3. The van der Waals surface area contributed by atoms with E-state index in [1.165, 1.54) is 13.2 Å². The zero-order valence-corrected chi connectivity index (χ0v) is 16.8. The SMILES string of the molecule is CCN(C(=O)c1ccc(NC(=O)c2cccc(C(=O)OC)c2)cc1)c1ccccc1. The molecular weight excluding hydrogens is 380 g/mol. The van der Waals surface area contributed by atoms with Crippen LogP contribution in [0.15, 0.2) is 78.9 Å². The average Bonchev–Trinajstić information content (AvgIpc) is 2.80. The van der Waals surface area contributed by atoms with E-state index in [-0.39, 0.29) is 11.8 Å². The predicted molar refractivity (Wildman–Crippen MR) is 116 cm³/mol. The number of benzene rings is 3. The highest BCUT2D eigenvalue weighted by Gasteiger charge is 2.16. The fraction of sp³-hybridized carbons (Fsp3) is 0.125. The van der Waals surface area contributed by atoms with Crippen molar-refractivity contribution in [1.29, 1.82) is 0 Å². The molecule has 0 bridgehead atoms. The molecule has 30 heavy (non-hydrogen) atoms. The van der Waals surface area contributed by atoms with Crippen LogP contribution in [0.3, 0.4) is 0 Å². The molecule has 0 atom stereocenters. The number of methoxy groups -OCH3 is 1. The second kappa shape index (κ2) is 9.52. The van der Waals surface area contributed by atoms with Crippen molar-refractivity contribution in [3.05, 3.63) is 95.6 Å². The fourth-order valence-corrected chi connectivity index (χ4v) is 3.01. The lowest BCUT2D eigenvalue weighted by Crippen LogP contribution is -2.30. The maximum Gasteiger partial charge on any atom is 0.337 e. The lowest BCUT2D eigenvalue weighted by atomic mass is 10.1. The first-order valence-corrected chi connectivity index (χ1v) is 9.50. The van der Waals surface area contributed by atoms with Gasteiger partial charge in [0.2, 0.25) is 0 Å². The van der Waals surface area contributed by atoms with Crippen molar-refractivity contribution in [1.82, 2.24) is 0 Å². The van der Waals surface area contributed by atoms with Gasteiger partial charge in [-0.3, -0.25) is 9.59 Å². The van der Waals surface area contributed by atoms with E-state index < -0.39 is 5.97 Å². The third-order valence-electron chi connectivity index (χ3n) is 4.56. The van der Waals surface area contributed by atoms with Crippen molar-refractivity contribution in [2.24, 2.45) is 0 Å². The van der Waals surface area contributed by atoms with Crippen LogP contribution in [0, 0.1) is 0 Å². The van der Waals surface area contributed by atoms with Crippen molar-refractivity contribution < 1.29 is 19.1 Å². The Morgan fingerprint density at radius 1 is 0.833 bits per heavy atom. The maximum atomic E-state index is 12.9.